The normalized spacial score (nSPS) is 10.7. The van der Waals surface area contributed by atoms with E-state index in [4.69, 9.17) is 16.7 Å². The van der Waals surface area contributed by atoms with Crippen LogP contribution in [0.2, 0.25) is 5.02 Å². The number of hydrogen-bond donors (Lipinski definition) is 2. The highest BCUT2D eigenvalue weighted by Gasteiger charge is 2.11. The van der Waals surface area contributed by atoms with Gasteiger partial charge in [0, 0.05) is 5.69 Å². The van der Waals surface area contributed by atoms with Crippen molar-refractivity contribution in [1.82, 2.24) is 0 Å². The summed E-state index contributed by atoms with van der Waals surface area (Å²) in [4.78, 5) is 23.4. The predicted octanol–water partition coefficient (Wildman–Crippen LogP) is 5.46. The summed E-state index contributed by atoms with van der Waals surface area (Å²) in [5, 5.41) is 12.2. The number of carbonyl (C=O) groups excluding carboxylic acids is 1. The lowest BCUT2D eigenvalue weighted by Gasteiger charge is -2.09. The quantitative estimate of drug-likeness (QED) is 0.580. The summed E-state index contributed by atoms with van der Waals surface area (Å²) in [6.45, 7) is 0. The first-order valence-corrected chi connectivity index (χ1v) is 8.59. The molecule has 4 nitrogen and oxygen atoms in total. The summed E-state index contributed by atoms with van der Waals surface area (Å²) in [5.41, 5.74) is 2.97. The van der Waals surface area contributed by atoms with Crippen molar-refractivity contribution in [1.29, 1.82) is 0 Å². The number of rotatable bonds is 5. The van der Waals surface area contributed by atoms with Crippen molar-refractivity contribution in [3.8, 4) is 0 Å². The molecule has 0 atom stereocenters. The molecule has 0 spiro atoms. The average molecular weight is 378 g/mol. The topological polar surface area (TPSA) is 66.4 Å². The number of para-hydroxylation sites is 1. The van der Waals surface area contributed by atoms with Gasteiger partial charge in [-0.25, -0.2) is 4.79 Å². The second-order valence-electron chi connectivity index (χ2n) is 5.78. The van der Waals surface area contributed by atoms with Gasteiger partial charge in [-0.15, -0.1) is 0 Å². The minimum atomic E-state index is -0.960. The first-order valence-electron chi connectivity index (χ1n) is 8.21. The number of hydrogen-bond acceptors (Lipinski definition) is 2. The summed E-state index contributed by atoms with van der Waals surface area (Å²) in [5.74, 6) is -1.24. The zero-order valence-electron chi connectivity index (χ0n) is 14.2. The van der Waals surface area contributed by atoms with Crippen molar-refractivity contribution in [2.45, 2.75) is 0 Å². The van der Waals surface area contributed by atoms with Crippen molar-refractivity contribution >= 4 is 41.3 Å². The van der Waals surface area contributed by atoms with Crippen molar-refractivity contribution in [2.75, 3.05) is 5.32 Å². The predicted molar refractivity (Wildman–Crippen MR) is 108 cm³/mol. The van der Waals surface area contributed by atoms with E-state index in [0.717, 1.165) is 11.1 Å². The monoisotopic (exact) mass is 377 g/mol. The molecule has 5 heteroatoms. The van der Waals surface area contributed by atoms with Crippen molar-refractivity contribution < 1.29 is 14.7 Å². The number of amides is 1. The van der Waals surface area contributed by atoms with Crippen LogP contribution in [0.5, 0.6) is 0 Å². The molecule has 0 radical (unpaired) electrons. The van der Waals surface area contributed by atoms with Gasteiger partial charge in [-0.1, -0.05) is 66.2 Å². The van der Waals surface area contributed by atoms with Gasteiger partial charge >= 0.3 is 5.97 Å². The number of nitrogens with one attached hydrogen (secondary N) is 1. The maximum absolute atomic E-state index is 12.5. The smallest absolute Gasteiger partial charge is 0.335 e. The summed E-state index contributed by atoms with van der Waals surface area (Å²) in [6.07, 6.45) is 3.71. The third kappa shape index (κ3) is 4.63. The molecule has 0 unspecified atom stereocenters. The molecule has 0 fully saturated rings. The van der Waals surface area contributed by atoms with Crippen molar-refractivity contribution in [2.24, 2.45) is 0 Å². The Balaban J connectivity index is 1.80. The molecule has 0 aliphatic carbocycles. The van der Waals surface area contributed by atoms with E-state index in [1.165, 1.54) is 0 Å². The minimum Gasteiger partial charge on any atom is -0.478 e. The molecule has 0 saturated carbocycles. The van der Waals surface area contributed by atoms with E-state index in [1.54, 1.807) is 48.5 Å². The summed E-state index contributed by atoms with van der Waals surface area (Å²) in [7, 11) is 0. The molecule has 134 valence electrons. The van der Waals surface area contributed by atoms with Gasteiger partial charge in [0.15, 0.2) is 0 Å². The van der Waals surface area contributed by atoms with Crippen LogP contribution in [0.25, 0.3) is 12.2 Å². The van der Waals surface area contributed by atoms with Crippen LogP contribution in [0.15, 0.2) is 72.8 Å². The second-order valence-corrected chi connectivity index (χ2v) is 6.19. The standard InChI is InChI=1S/C22H16ClNO3/c23-19-7-3-2-6-18(19)21(25)24-20-8-4-1-5-16(20)12-9-15-10-13-17(14-11-15)22(26)27/h1-14H,(H,24,25)(H,26,27). The van der Waals surface area contributed by atoms with Crippen LogP contribution >= 0.6 is 11.6 Å². The average Bonchev–Trinajstić information content (AvgIpc) is 2.68. The van der Waals surface area contributed by atoms with E-state index in [9.17, 15) is 9.59 Å². The minimum absolute atomic E-state index is 0.236. The number of aromatic carboxylic acids is 1. The molecule has 3 aromatic rings. The Bertz CT molecular complexity index is 1010. The summed E-state index contributed by atoms with van der Waals surface area (Å²) < 4.78 is 0. The first kappa shape index (κ1) is 18.4. The Hall–Kier alpha value is -3.37. The molecular formula is C22H16ClNO3. The highest BCUT2D eigenvalue weighted by Crippen LogP contribution is 2.21. The number of benzene rings is 3. The Labute approximate surface area is 161 Å². The second kappa shape index (κ2) is 8.34. The van der Waals surface area contributed by atoms with Gasteiger partial charge < -0.3 is 10.4 Å². The Morgan fingerprint density at radius 2 is 1.52 bits per heavy atom. The van der Waals surface area contributed by atoms with Gasteiger partial charge in [0.1, 0.15) is 0 Å². The van der Waals surface area contributed by atoms with Crippen LogP contribution in [0.1, 0.15) is 31.8 Å². The molecular weight excluding hydrogens is 362 g/mol. The van der Waals surface area contributed by atoms with E-state index in [2.05, 4.69) is 5.32 Å². The van der Waals surface area contributed by atoms with E-state index in [0.29, 0.717) is 16.3 Å². The maximum atomic E-state index is 12.5. The van der Waals surface area contributed by atoms with E-state index in [-0.39, 0.29) is 11.5 Å². The Kier molecular flexibility index (Phi) is 5.69. The third-order valence-electron chi connectivity index (χ3n) is 3.94. The van der Waals surface area contributed by atoms with Crippen LogP contribution in [-0.4, -0.2) is 17.0 Å². The molecule has 27 heavy (non-hydrogen) atoms. The zero-order valence-corrected chi connectivity index (χ0v) is 15.0. The fourth-order valence-electron chi connectivity index (χ4n) is 2.51. The third-order valence-corrected chi connectivity index (χ3v) is 4.27. The Morgan fingerprint density at radius 3 is 2.22 bits per heavy atom. The van der Waals surface area contributed by atoms with Crippen molar-refractivity contribution in [3.63, 3.8) is 0 Å². The lowest BCUT2D eigenvalue weighted by atomic mass is 10.1. The lowest BCUT2D eigenvalue weighted by Crippen LogP contribution is -2.13. The number of carboxylic acids is 1. The molecule has 1 amide bonds. The number of anilines is 1. The maximum Gasteiger partial charge on any atom is 0.335 e. The van der Waals surface area contributed by atoms with Crippen LogP contribution < -0.4 is 5.32 Å². The van der Waals surface area contributed by atoms with Gasteiger partial charge in [0.2, 0.25) is 0 Å². The van der Waals surface area contributed by atoms with E-state index < -0.39 is 5.97 Å². The summed E-state index contributed by atoms with van der Waals surface area (Å²) >= 11 is 6.08. The number of halogens is 1. The molecule has 0 aliphatic heterocycles. The molecule has 3 rings (SSSR count). The van der Waals surface area contributed by atoms with Gasteiger partial charge in [-0.05, 0) is 41.5 Å². The van der Waals surface area contributed by atoms with Crippen LogP contribution in [-0.2, 0) is 0 Å². The highest BCUT2D eigenvalue weighted by molar-refractivity contribution is 6.34. The lowest BCUT2D eigenvalue weighted by molar-refractivity contribution is 0.0696. The van der Waals surface area contributed by atoms with Gasteiger partial charge in [-0.2, -0.15) is 0 Å². The van der Waals surface area contributed by atoms with Gasteiger partial charge in [0.05, 0.1) is 16.1 Å². The fourth-order valence-corrected chi connectivity index (χ4v) is 2.74. The Morgan fingerprint density at radius 1 is 0.852 bits per heavy atom. The number of carbonyl (C=O) groups is 2. The largest absolute Gasteiger partial charge is 0.478 e. The molecule has 0 saturated heterocycles. The molecule has 2 N–H and O–H groups in total. The molecule has 3 aromatic carbocycles. The molecule has 0 aliphatic rings. The van der Waals surface area contributed by atoms with E-state index >= 15 is 0 Å². The molecule has 0 heterocycles. The number of carboxylic acid groups (broad SMARTS) is 1. The summed E-state index contributed by atoms with van der Waals surface area (Å²) in [6, 6.07) is 20.8. The first-order chi connectivity index (χ1) is 13.0. The SMILES string of the molecule is O=C(O)c1ccc(C=Cc2ccccc2NC(=O)c2ccccc2Cl)cc1. The van der Waals surface area contributed by atoms with Crippen LogP contribution in [0.3, 0.4) is 0 Å². The zero-order chi connectivity index (χ0) is 19.2. The fraction of sp³-hybridized carbons (Fsp3) is 0. The highest BCUT2D eigenvalue weighted by atomic mass is 35.5. The van der Waals surface area contributed by atoms with Gasteiger partial charge in [0.25, 0.3) is 5.91 Å². The van der Waals surface area contributed by atoms with Crippen molar-refractivity contribution in [3.05, 3.63) is 100 Å². The van der Waals surface area contributed by atoms with Crippen LogP contribution in [0.4, 0.5) is 5.69 Å². The molecule has 0 aromatic heterocycles. The molecule has 0 bridgehead atoms. The van der Waals surface area contributed by atoms with Crippen LogP contribution in [0, 0.1) is 0 Å². The van der Waals surface area contributed by atoms with E-state index in [1.807, 2.05) is 36.4 Å². The van der Waals surface area contributed by atoms with Gasteiger partial charge in [-0.3, -0.25) is 4.79 Å².